The molecule has 0 atom stereocenters. The van der Waals surface area contributed by atoms with Gasteiger partial charge in [0.25, 0.3) is 0 Å². The molecule has 0 saturated carbocycles. The van der Waals surface area contributed by atoms with Crippen molar-refractivity contribution < 1.29 is 67.5 Å². The molecule has 67 heavy (non-hydrogen) atoms. The average Bonchev–Trinajstić information content (AvgIpc) is 3.30. The molecule has 4 aromatic carbocycles. The summed E-state index contributed by atoms with van der Waals surface area (Å²) in [6, 6.07) is 22.2. The van der Waals surface area contributed by atoms with Crippen molar-refractivity contribution in [3.63, 3.8) is 0 Å². The van der Waals surface area contributed by atoms with E-state index in [1.54, 1.807) is 0 Å². The molecule has 0 radical (unpaired) electrons. The fraction of sp³-hybridized carbons (Fsp3) is 0.171. The number of benzene rings is 4. The highest BCUT2D eigenvalue weighted by atomic mass is 32.2. The molecule has 6 aromatic rings. The number of ketones is 1. The van der Waals surface area contributed by atoms with Gasteiger partial charge in [-0.15, -0.1) is 0 Å². The van der Waals surface area contributed by atoms with Crippen LogP contribution in [0.4, 0.5) is 26.1 Å². The van der Waals surface area contributed by atoms with Crippen LogP contribution in [0.3, 0.4) is 0 Å². The lowest BCUT2D eigenvalue weighted by Crippen LogP contribution is -2.12. The second kappa shape index (κ2) is 22.9. The van der Waals surface area contributed by atoms with E-state index in [9.17, 15) is 44.3 Å². The maximum absolute atomic E-state index is 13.2. The van der Waals surface area contributed by atoms with E-state index in [2.05, 4.69) is 29.0 Å². The summed E-state index contributed by atoms with van der Waals surface area (Å²) in [7, 11) is -10.6. The van der Waals surface area contributed by atoms with Crippen molar-refractivity contribution in [1.29, 1.82) is 0 Å². The van der Waals surface area contributed by atoms with Crippen molar-refractivity contribution in [1.82, 2.24) is 19.9 Å². The smallest absolute Gasteiger partial charge is 0.358 e. The number of rotatable bonds is 16. The lowest BCUT2D eigenvalue weighted by molar-refractivity contribution is 0.0691. The van der Waals surface area contributed by atoms with Crippen molar-refractivity contribution in [2.45, 2.75) is 16.2 Å². The van der Waals surface area contributed by atoms with Gasteiger partial charge in [-0.3, -0.25) is 13.9 Å². The van der Waals surface area contributed by atoms with Crippen LogP contribution in [-0.2, 0) is 53.3 Å². The van der Waals surface area contributed by atoms with Gasteiger partial charge < -0.3 is 40.4 Å². The highest BCUT2D eigenvalue weighted by Crippen LogP contribution is 2.49. The standard InChI is InChI=1S/C21H21FN3O6PS.C11H8FN3O2.C9H14NO5PS/c1-30-32(27,31-2)13-33(28,29)17-9-3-14(4-10-17)11-19(26)20-21(23)24-12-18(25-20)15-5-7-16(22)8-6-15;12-7-3-1-6(2-4-7)8-5-14-10(13)9(15-8)11(16)17;1-14-16(11,15-2)7-17(12,13)9-5-3-8(10)4-6-9/h3-10,12H,11,13H2,1-2H3,(H2,23,24);1-5H,(H2,13,14)(H,16,17);3-6H,7,10H2,1-2H3. The fourth-order valence-electron chi connectivity index (χ4n) is 5.36. The molecule has 2 aromatic heterocycles. The molecule has 0 amide bonds. The van der Waals surface area contributed by atoms with E-state index in [-0.39, 0.29) is 45.1 Å². The molecule has 0 saturated heterocycles. The number of carbonyl (C=O) groups excluding carboxylic acids is 1. The number of sulfone groups is 2. The molecule has 0 bridgehead atoms. The maximum atomic E-state index is 13.2. The van der Waals surface area contributed by atoms with E-state index in [1.807, 2.05) is 0 Å². The van der Waals surface area contributed by atoms with Gasteiger partial charge in [-0.2, -0.15) is 0 Å². The van der Waals surface area contributed by atoms with Gasteiger partial charge in [-0.25, -0.2) is 50.3 Å². The van der Waals surface area contributed by atoms with Crippen LogP contribution in [0.5, 0.6) is 0 Å². The van der Waals surface area contributed by atoms with Gasteiger partial charge in [0.1, 0.15) is 17.3 Å². The van der Waals surface area contributed by atoms with E-state index in [0.29, 0.717) is 33.8 Å². The molecule has 0 fully saturated rings. The minimum absolute atomic E-state index is 0.0287. The van der Waals surface area contributed by atoms with Gasteiger partial charge in [-0.1, -0.05) is 12.1 Å². The van der Waals surface area contributed by atoms with Gasteiger partial charge in [0.15, 0.2) is 53.8 Å². The van der Waals surface area contributed by atoms with E-state index in [0.717, 1.165) is 28.4 Å². The Morgan fingerprint density at radius 2 is 0.940 bits per heavy atom. The van der Waals surface area contributed by atoms with Crippen LogP contribution in [0.1, 0.15) is 26.5 Å². The summed E-state index contributed by atoms with van der Waals surface area (Å²) in [6.45, 7) is 0. The van der Waals surface area contributed by atoms with Crippen molar-refractivity contribution in [3.05, 3.63) is 138 Å². The molecule has 6 rings (SSSR count). The highest BCUT2D eigenvalue weighted by Gasteiger charge is 2.32. The third kappa shape index (κ3) is 14.8. The zero-order valence-corrected chi connectivity index (χ0v) is 39.3. The lowest BCUT2D eigenvalue weighted by Gasteiger charge is -2.14. The van der Waals surface area contributed by atoms with Crippen molar-refractivity contribution in [2.75, 3.05) is 56.6 Å². The van der Waals surface area contributed by atoms with Crippen molar-refractivity contribution in [2.24, 2.45) is 0 Å². The maximum Gasteiger partial charge on any atom is 0.358 e. The number of aromatic carboxylic acids is 1. The monoisotopic (exact) mass is 1010 g/mol. The van der Waals surface area contributed by atoms with Crippen LogP contribution < -0.4 is 17.2 Å². The Balaban J connectivity index is 0.000000242. The number of hydrogen-bond donors (Lipinski definition) is 4. The number of carboxylic acids is 1. The molecule has 0 aliphatic rings. The fourth-order valence-corrected chi connectivity index (χ4v) is 13.0. The normalized spacial score (nSPS) is 11.7. The van der Waals surface area contributed by atoms with Gasteiger partial charge in [0.05, 0.1) is 33.6 Å². The summed E-state index contributed by atoms with van der Waals surface area (Å²) in [5.74, 6) is -2.67. The molecule has 26 heteroatoms. The number of carboxylic acid groups (broad SMARTS) is 1. The molecular formula is C41H43F2N7O13P2S2. The lowest BCUT2D eigenvalue weighted by atomic mass is 10.1. The summed E-state index contributed by atoms with van der Waals surface area (Å²) in [5, 5.41) is 8.84. The van der Waals surface area contributed by atoms with Crippen molar-refractivity contribution in [3.8, 4) is 22.5 Å². The van der Waals surface area contributed by atoms with E-state index >= 15 is 0 Å². The van der Waals surface area contributed by atoms with E-state index in [4.69, 9.17) is 31.4 Å². The Morgan fingerprint density at radius 1 is 0.582 bits per heavy atom. The number of halogens is 2. The molecule has 2 heterocycles. The molecule has 0 unspecified atom stereocenters. The Kier molecular flexibility index (Phi) is 18.2. The molecule has 0 spiro atoms. The number of nitrogens with zero attached hydrogens (tertiary/aromatic N) is 4. The first-order valence-electron chi connectivity index (χ1n) is 18.8. The zero-order valence-electron chi connectivity index (χ0n) is 35.8. The average molecular weight is 1010 g/mol. The van der Waals surface area contributed by atoms with Gasteiger partial charge >= 0.3 is 21.2 Å². The predicted molar refractivity (Wildman–Crippen MR) is 243 cm³/mol. The minimum atomic E-state index is -3.95. The molecule has 0 aliphatic carbocycles. The summed E-state index contributed by atoms with van der Waals surface area (Å²) in [5.41, 5.74) is 17.6. The quantitative estimate of drug-likeness (QED) is 0.0453. The number of anilines is 3. The number of Topliss-reactive ketones (excluding diaryl/α,β-unsaturated/α-hetero) is 1. The topological polar surface area (TPSA) is 323 Å². The van der Waals surface area contributed by atoms with Crippen LogP contribution in [0.2, 0.25) is 0 Å². The first-order valence-corrected chi connectivity index (χ1v) is 25.6. The Morgan fingerprint density at radius 3 is 1.31 bits per heavy atom. The number of nitrogens with two attached hydrogens (primary N) is 3. The summed E-state index contributed by atoms with van der Waals surface area (Å²) < 4.78 is 117. The second-order valence-corrected chi connectivity index (χ2v) is 22.9. The Bertz CT molecular complexity index is 3010. The van der Waals surface area contributed by atoms with Crippen LogP contribution in [0.25, 0.3) is 22.5 Å². The minimum Gasteiger partial charge on any atom is -0.476 e. The third-order valence-corrected chi connectivity index (χ3v) is 18.5. The second-order valence-electron chi connectivity index (χ2n) is 13.5. The van der Waals surface area contributed by atoms with Crippen molar-refractivity contribution >= 4 is 63.9 Å². The number of carbonyl (C=O) groups is 2. The third-order valence-electron chi connectivity index (χ3n) is 9.00. The highest BCUT2D eigenvalue weighted by molar-refractivity contribution is 7.98. The van der Waals surface area contributed by atoms with Crippen LogP contribution in [-0.4, -0.2) is 93.1 Å². The predicted octanol–water partition coefficient (Wildman–Crippen LogP) is 6.56. The number of hydrogen-bond acceptors (Lipinski definition) is 19. The number of aromatic nitrogens is 4. The number of nitrogen functional groups attached to an aromatic ring is 3. The molecule has 7 N–H and O–H groups in total. The SMILES string of the molecule is COP(=O)(CS(=O)(=O)c1ccc(CC(=O)c2nc(-c3ccc(F)cc3)cnc2N)cc1)OC.COP(=O)(CS(=O)(=O)c1ccc(N)cc1)OC.Nc1ncc(-c2ccc(F)cc2)nc1C(=O)O. The van der Waals surface area contributed by atoms with Gasteiger partial charge in [0, 0.05) is 51.7 Å². The largest absolute Gasteiger partial charge is 0.476 e. The van der Waals surface area contributed by atoms with Gasteiger partial charge in [0.2, 0.25) is 0 Å². The summed E-state index contributed by atoms with van der Waals surface area (Å²) in [6.07, 6.45) is 2.62. The first kappa shape index (κ1) is 53.3. The Labute approximate surface area is 383 Å². The van der Waals surface area contributed by atoms with Gasteiger partial charge in [-0.05, 0) is 90.5 Å². The first-order chi connectivity index (χ1) is 31.5. The molecule has 20 nitrogen and oxygen atoms in total. The van der Waals surface area contributed by atoms with E-state index < -0.39 is 63.4 Å². The molecule has 356 valence electrons. The van der Waals surface area contributed by atoms with Crippen LogP contribution in [0.15, 0.2) is 119 Å². The van der Waals surface area contributed by atoms with E-state index in [1.165, 1.54) is 109 Å². The summed E-state index contributed by atoms with van der Waals surface area (Å²) in [4.78, 5) is 39.4. The summed E-state index contributed by atoms with van der Waals surface area (Å²) >= 11 is 0. The zero-order chi connectivity index (χ0) is 49.7. The Hall–Kier alpha value is -6.36. The van der Waals surface area contributed by atoms with Crippen LogP contribution >= 0.6 is 15.2 Å². The molecular weight excluding hydrogens is 963 g/mol. The molecule has 0 aliphatic heterocycles. The van der Waals surface area contributed by atoms with Crippen LogP contribution in [0, 0.1) is 11.6 Å².